The number of hydrogen-bond acceptors (Lipinski definition) is 14. The van der Waals surface area contributed by atoms with E-state index in [-0.39, 0.29) is 107 Å². The Morgan fingerprint density at radius 1 is 0.426 bits per heavy atom. The highest BCUT2D eigenvalue weighted by atomic mass is 79.9. The predicted octanol–water partition coefficient (Wildman–Crippen LogP) is 11.3. The van der Waals surface area contributed by atoms with Gasteiger partial charge < -0.3 is 56.8 Å². The summed E-state index contributed by atoms with van der Waals surface area (Å²) in [5, 5.41) is 0. The number of benzene rings is 2. The van der Waals surface area contributed by atoms with Gasteiger partial charge in [0.05, 0.1) is 26.4 Å². The fourth-order valence-corrected chi connectivity index (χ4v) is 9.22. The number of esters is 2. The van der Waals surface area contributed by atoms with Crippen LogP contribution in [0.3, 0.4) is 0 Å². The van der Waals surface area contributed by atoms with Crippen LogP contribution in [0.5, 0.6) is 34.5 Å². The molecule has 0 aliphatic heterocycles. The van der Waals surface area contributed by atoms with Gasteiger partial charge in [-0.2, -0.15) is 0 Å². The van der Waals surface area contributed by atoms with Crippen molar-refractivity contribution in [3.8, 4) is 34.5 Å². The maximum atomic E-state index is 13.9. The molecule has 0 spiro atoms. The molecule has 344 valence electrons. The van der Waals surface area contributed by atoms with Gasteiger partial charge in [-0.3, -0.25) is 0 Å². The van der Waals surface area contributed by atoms with Gasteiger partial charge in [0.2, 0.25) is 0 Å². The summed E-state index contributed by atoms with van der Waals surface area (Å²) in [5.41, 5.74) is 0.683. The van der Waals surface area contributed by atoms with E-state index in [0.29, 0.717) is 40.5 Å². The number of carbonyl (C=O) groups is 2. The topological polar surface area (TPSA) is 145 Å². The Morgan fingerprint density at radius 3 is 0.836 bits per heavy atom. The van der Waals surface area contributed by atoms with Crippen LogP contribution in [0.15, 0.2) is 42.2 Å². The molecular formula is C43H60Br4O14. The SMILES string of the molecule is C=C(C(=O)Oc1c(Br)c(OCC)c(C(CC)c2c(OCC)c(Br)c(OC(=O)C(=C)C(OCC)(OCC)OCC)c(Br)c2OCC)c(OCC)c1Br)C(OCC)(OCC)OCC. The van der Waals surface area contributed by atoms with E-state index in [1.807, 2.05) is 34.6 Å². The fraction of sp³-hybridized carbons (Fsp3) is 0.581. The molecule has 0 saturated carbocycles. The summed E-state index contributed by atoms with van der Waals surface area (Å²) in [6.45, 7) is 29.5. The lowest BCUT2D eigenvalue weighted by Crippen LogP contribution is -2.44. The lowest BCUT2D eigenvalue weighted by atomic mass is 9.86. The third kappa shape index (κ3) is 12.5. The normalized spacial score (nSPS) is 11.7. The molecule has 14 nitrogen and oxygen atoms in total. The Balaban J connectivity index is 3.04. The first-order chi connectivity index (χ1) is 29.1. The predicted molar refractivity (Wildman–Crippen MR) is 245 cm³/mol. The number of halogens is 4. The summed E-state index contributed by atoms with van der Waals surface area (Å²) in [5.74, 6) is -4.83. The van der Waals surface area contributed by atoms with Crippen molar-refractivity contribution >= 4 is 75.7 Å². The first-order valence-electron chi connectivity index (χ1n) is 20.4. The maximum Gasteiger partial charge on any atom is 0.347 e. The van der Waals surface area contributed by atoms with Crippen LogP contribution < -0.4 is 28.4 Å². The zero-order chi connectivity index (χ0) is 46.1. The molecule has 2 aromatic carbocycles. The average Bonchev–Trinajstić information content (AvgIpc) is 3.23. The van der Waals surface area contributed by atoms with Crippen molar-refractivity contribution < 1.29 is 66.4 Å². The second-order valence-corrected chi connectivity index (χ2v) is 15.4. The first kappa shape index (κ1) is 54.9. The molecule has 0 unspecified atom stereocenters. The molecule has 61 heavy (non-hydrogen) atoms. The molecule has 2 aromatic rings. The Labute approximate surface area is 394 Å². The van der Waals surface area contributed by atoms with Gasteiger partial charge >= 0.3 is 23.9 Å². The molecule has 0 atom stereocenters. The van der Waals surface area contributed by atoms with E-state index in [2.05, 4.69) is 76.9 Å². The van der Waals surface area contributed by atoms with E-state index in [1.165, 1.54) is 0 Å². The summed E-state index contributed by atoms with van der Waals surface area (Å²) in [7, 11) is 0. The Kier molecular flexibility index (Phi) is 23.8. The van der Waals surface area contributed by atoms with Crippen LogP contribution >= 0.6 is 63.7 Å². The van der Waals surface area contributed by atoms with Crippen LogP contribution in [0.25, 0.3) is 0 Å². The van der Waals surface area contributed by atoms with Gasteiger partial charge in [-0.25, -0.2) is 9.59 Å². The Bertz CT molecular complexity index is 1590. The highest BCUT2D eigenvalue weighted by Gasteiger charge is 2.44. The molecule has 0 saturated heterocycles. The summed E-state index contributed by atoms with van der Waals surface area (Å²) >= 11 is 14.8. The van der Waals surface area contributed by atoms with E-state index in [4.69, 9.17) is 56.8 Å². The van der Waals surface area contributed by atoms with Crippen LogP contribution in [0, 0.1) is 0 Å². The van der Waals surface area contributed by atoms with Gasteiger partial charge in [0, 0.05) is 56.7 Å². The molecule has 0 bridgehead atoms. The zero-order valence-corrected chi connectivity index (χ0v) is 43.3. The lowest BCUT2D eigenvalue weighted by Gasteiger charge is -2.33. The van der Waals surface area contributed by atoms with Crippen molar-refractivity contribution in [2.24, 2.45) is 0 Å². The molecule has 0 aliphatic carbocycles. The Morgan fingerprint density at radius 2 is 0.656 bits per heavy atom. The second kappa shape index (κ2) is 26.5. The average molecular weight is 1120 g/mol. The van der Waals surface area contributed by atoms with Crippen molar-refractivity contribution in [1.82, 2.24) is 0 Å². The van der Waals surface area contributed by atoms with Crippen LogP contribution in [0.2, 0.25) is 0 Å². The van der Waals surface area contributed by atoms with Crippen molar-refractivity contribution in [3.05, 3.63) is 53.3 Å². The van der Waals surface area contributed by atoms with Gasteiger partial charge in [0.1, 0.15) is 52.0 Å². The summed E-state index contributed by atoms with van der Waals surface area (Å²) in [6.07, 6.45) is 0.434. The van der Waals surface area contributed by atoms with E-state index in [9.17, 15) is 9.59 Å². The first-order valence-corrected chi connectivity index (χ1v) is 23.6. The minimum atomic E-state index is -1.88. The van der Waals surface area contributed by atoms with E-state index < -0.39 is 29.8 Å². The number of carbonyl (C=O) groups excluding carboxylic acids is 2. The van der Waals surface area contributed by atoms with Gasteiger partial charge in [-0.15, -0.1) is 0 Å². The molecule has 0 fully saturated rings. The monoisotopic (exact) mass is 1120 g/mol. The largest absolute Gasteiger partial charge is 0.492 e. The third-order valence-electron chi connectivity index (χ3n) is 8.46. The van der Waals surface area contributed by atoms with Crippen molar-refractivity contribution in [2.45, 2.75) is 100 Å². The molecule has 2 rings (SSSR count). The van der Waals surface area contributed by atoms with Crippen molar-refractivity contribution in [2.75, 3.05) is 66.1 Å². The second-order valence-electron chi connectivity index (χ2n) is 12.2. The summed E-state index contributed by atoms with van der Waals surface area (Å²) in [4.78, 5) is 27.9. The highest BCUT2D eigenvalue weighted by Crippen LogP contribution is 2.59. The minimum Gasteiger partial charge on any atom is -0.492 e. The Hall–Kier alpha value is -2.26. The lowest BCUT2D eigenvalue weighted by molar-refractivity contribution is -0.352. The van der Waals surface area contributed by atoms with Gasteiger partial charge in [-0.05, 0) is 139 Å². The van der Waals surface area contributed by atoms with Crippen molar-refractivity contribution in [3.63, 3.8) is 0 Å². The molecule has 0 aromatic heterocycles. The number of ether oxygens (including phenoxy) is 12. The van der Waals surface area contributed by atoms with E-state index in [0.717, 1.165) is 0 Å². The molecule has 0 aliphatic rings. The molecule has 0 amide bonds. The van der Waals surface area contributed by atoms with Crippen LogP contribution in [-0.4, -0.2) is 90.0 Å². The van der Waals surface area contributed by atoms with E-state index >= 15 is 0 Å². The van der Waals surface area contributed by atoms with E-state index in [1.54, 1.807) is 41.5 Å². The molecule has 18 heteroatoms. The smallest absolute Gasteiger partial charge is 0.347 e. The maximum absolute atomic E-state index is 13.9. The van der Waals surface area contributed by atoms with Crippen LogP contribution in [0.4, 0.5) is 0 Å². The zero-order valence-electron chi connectivity index (χ0n) is 37.0. The van der Waals surface area contributed by atoms with Gasteiger partial charge in [0.25, 0.3) is 0 Å². The van der Waals surface area contributed by atoms with Crippen LogP contribution in [-0.2, 0) is 38.0 Å². The molecule has 0 radical (unpaired) electrons. The number of hydrogen-bond donors (Lipinski definition) is 0. The third-order valence-corrected chi connectivity index (χ3v) is 11.3. The van der Waals surface area contributed by atoms with Crippen LogP contribution in [0.1, 0.15) is 99.6 Å². The van der Waals surface area contributed by atoms with Gasteiger partial charge in [-0.1, -0.05) is 20.1 Å². The quantitative estimate of drug-likeness (QED) is 0.0330. The van der Waals surface area contributed by atoms with Crippen molar-refractivity contribution in [1.29, 1.82) is 0 Å². The molecule has 0 N–H and O–H groups in total. The minimum absolute atomic E-state index is 0.0391. The number of rotatable bonds is 29. The fourth-order valence-electron chi connectivity index (χ4n) is 6.26. The summed E-state index contributed by atoms with van der Waals surface area (Å²) in [6, 6.07) is 0. The molecule has 0 heterocycles. The van der Waals surface area contributed by atoms with Gasteiger partial charge in [0.15, 0.2) is 11.5 Å². The highest BCUT2D eigenvalue weighted by molar-refractivity contribution is 9.11. The standard InChI is InChI=1S/C43H60Br4O14/c1-14-27(28-34(50-15-2)30(44)38(31(45)35(28)51-16-3)60-40(48)25(12)42(54-19-6,55-20-7)56-21-8)29-36(52-17-4)32(46)39(33(47)37(29)53-18-5)61-41(49)26(13)43(57-22-9,58-23-10)59-24-11/h27H,12-24H2,1-11H3. The summed E-state index contributed by atoms with van der Waals surface area (Å²) < 4.78 is 73.6. The molecular weight excluding hydrogens is 1060 g/mol.